The molecule has 2 heterocycles. The lowest BCUT2D eigenvalue weighted by Crippen LogP contribution is -2.27. The highest BCUT2D eigenvalue weighted by molar-refractivity contribution is 8.00. The largest absolute Gasteiger partial charge is 0.369 e. The Morgan fingerprint density at radius 1 is 1.57 bits per heavy atom. The van der Waals surface area contributed by atoms with E-state index in [2.05, 4.69) is 29.0 Å². The van der Waals surface area contributed by atoms with E-state index in [0.29, 0.717) is 4.75 Å². The Labute approximate surface area is 89.5 Å². The number of rotatable bonds is 3. The van der Waals surface area contributed by atoms with Gasteiger partial charge in [-0.3, -0.25) is 0 Å². The van der Waals surface area contributed by atoms with E-state index in [9.17, 15) is 0 Å². The molecule has 2 nitrogen and oxygen atoms in total. The van der Waals surface area contributed by atoms with Crippen LogP contribution in [0.4, 0.5) is 5.82 Å². The van der Waals surface area contributed by atoms with Gasteiger partial charge >= 0.3 is 0 Å². The molecule has 0 bridgehead atoms. The zero-order chi connectivity index (χ0) is 9.86. The summed E-state index contributed by atoms with van der Waals surface area (Å²) in [5, 5.41) is 3.40. The molecule has 1 atom stereocenters. The summed E-state index contributed by atoms with van der Waals surface area (Å²) in [5.41, 5.74) is 0. The Balaban J connectivity index is 1.88. The Bertz CT molecular complexity index is 281. The lowest BCUT2D eigenvalue weighted by atomic mass is 10.1. The van der Waals surface area contributed by atoms with Crippen LogP contribution < -0.4 is 5.32 Å². The highest BCUT2D eigenvalue weighted by Gasteiger charge is 2.28. The molecule has 1 unspecified atom stereocenters. The third-order valence-electron chi connectivity index (χ3n) is 2.61. The molecule has 14 heavy (non-hydrogen) atoms. The average molecular weight is 208 g/mol. The van der Waals surface area contributed by atoms with Crippen molar-refractivity contribution in [3.63, 3.8) is 0 Å². The van der Waals surface area contributed by atoms with E-state index in [4.69, 9.17) is 0 Å². The molecule has 0 spiro atoms. The van der Waals surface area contributed by atoms with Gasteiger partial charge in [0.25, 0.3) is 0 Å². The molecule has 1 fully saturated rings. The highest BCUT2D eigenvalue weighted by atomic mass is 32.2. The monoisotopic (exact) mass is 208 g/mol. The molecule has 1 saturated heterocycles. The van der Waals surface area contributed by atoms with E-state index in [1.165, 1.54) is 18.6 Å². The standard InChI is InChI=1S/C11H16N2S/c1-11(6-4-8-14-11)9-13-10-5-2-3-7-12-10/h2-3,5,7H,4,6,8-9H2,1H3,(H,12,13). The zero-order valence-electron chi connectivity index (χ0n) is 8.49. The average Bonchev–Trinajstić information content (AvgIpc) is 2.65. The summed E-state index contributed by atoms with van der Waals surface area (Å²) in [6.07, 6.45) is 4.50. The van der Waals surface area contributed by atoms with Gasteiger partial charge in [0, 0.05) is 17.5 Å². The van der Waals surface area contributed by atoms with Crippen LogP contribution in [-0.2, 0) is 0 Å². The number of thioether (sulfide) groups is 1. The minimum Gasteiger partial charge on any atom is -0.369 e. The van der Waals surface area contributed by atoms with E-state index in [1.54, 1.807) is 0 Å². The van der Waals surface area contributed by atoms with Crippen LogP contribution in [0, 0.1) is 0 Å². The van der Waals surface area contributed by atoms with E-state index in [1.807, 2.05) is 24.4 Å². The molecule has 0 radical (unpaired) electrons. The van der Waals surface area contributed by atoms with Crippen molar-refractivity contribution in [3.05, 3.63) is 24.4 Å². The molecule has 1 aliphatic heterocycles. The van der Waals surface area contributed by atoms with Gasteiger partial charge in [-0.1, -0.05) is 6.07 Å². The van der Waals surface area contributed by atoms with Crippen molar-refractivity contribution >= 4 is 17.6 Å². The molecular formula is C11H16N2S. The number of hydrogen-bond donors (Lipinski definition) is 1. The second-order valence-corrected chi connectivity index (χ2v) is 5.65. The summed E-state index contributed by atoms with van der Waals surface area (Å²) in [6.45, 7) is 3.36. The van der Waals surface area contributed by atoms with Gasteiger partial charge in [0.05, 0.1) is 0 Å². The maximum atomic E-state index is 4.25. The Kier molecular flexibility index (Phi) is 2.96. The second-order valence-electron chi connectivity index (χ2n) is 3.97. The lowest BCUT2D eigenvalue weighted by molar-refractivity contribution is 0.634. The molecule has 0 aromatic carbocycles. The maximum absolute atomic E-state index is 4.25. The minimum absolute atomic E-state index is 0.414. The fourth-order valence-electron chi connectivity index (χ4n) is 1.72. The van der Waals surface area contributed by atoms with E-state index in [-0.39, 0.29) is 0 Å². The van der Waals surface area contributed by atoms with Crippen molar-refractivity contribution in [2.45, 2.75) is 24.5 Å². The van der Waals surface area contributed by atoms with E-state index in [0.717, 1.165) is 12.4 Å². The summed E-state index contributed by atoms with van der Waals surface area (Å²) in [4.78, 5) is 4.25. The molecule has 2 rings (SSSR count). The van der Waals surface area contributed by atoms with Crippen molar-refractivity contribution in [1.29, 1.82) is 0 Å². The van der Waals surface area contributed by atoms with Crippen molar-refractivity contribution in [3.8, 4) is 0 Å². The smallest absolute Gasteiger partial charge is 0.125 e. The molecule has 1 aromatic rings. The van der Waals surface area contributed by atoms with Crippen LogP contribution in [-0.4, -0.2) is 22.0 Å². The van der Waals surface area contributed by atoms with E-state index < -0.39 is 0 Å². The highest BCUT2D eigenvalue weighted by Crippen LogP contribution is 2.37. The number of nitrogens with one attached hydrogen (secondary N) is 1. The first-order valence-corrected chi connectivity index (χ1v) is 6.06. The van der Waals surface area contributed by atoms with Gasteiger partial charge in [0.1, 0.15) is 5.82 Å². The van der Waals surface area contributed by atoms with Crippen LogP contribution >= 0.6 is 11.8 Å². The fraction of sp³-hybridized carbons (Fsp3) is 0.545. The van der Waals surface area contributed by atoms with Gasteiger partial charge in [0.15, 0.2) is 0 Å². The summed E-state index contributed by atoms with van der Waals surface area (Å²) in [6, 6.07) is 5.97. The van der Waals surface area contributed by atoms with Crippen molar-refractivity contribution in [1.82, 2.24) is 4.98 Å². The Morgan fingerprint density at radius 2 is 2.50 bits per heavy atom. The van der Waals surface area contributed by atoms with Crippen molar-refractivity contribution in [2.24, 2.45) is 0 Å². The van der Waals surface area contributed by atoms with Gasteiger partial charge in [-0.25, -0.2) is 4.98 Å². The van der Waals surface area contributed by atoms with Crippen LogP contribution in [0.3, 0.4) is 0 Å². The number of anilines is 1. The number of aromatic nitrogens is 1. The molecule has 0 saturated carbocycles. The normalized spacial score (nSPS) is 26.4. The molecule has 1 N–H and O–H groups in total. The predicted octanol–water partition coefficient (Wildman–Crippen LogP) is 2.78. The van der Waals surface area contributed by atoms with Gasteiger partial charge in [-0.2, -0.15) is 11.8 Å². The molecule has 76 valence electrons. The SMILES string of the molecule is CC1(CNc2ccccn2)CCCS1. The fourth-order valence-corrected chi connectivity index (χ4v) is 2.97. The van der Waals surface area contributed by atoms with Crippen LogP contribution in [0.25, 0.3) is 0 Å². The summed E-state index contributed by atoms with van der Waals surface area (Å²) < 4.78 is 0.414. The van der Waals surface area contributed by atoms with Crippen LogP contribution in [0.15, 0.2) is 24.4 Å². The second kappa shape index (κ2) is 4.22. The molecular weight excluding hydrogens is 192 g/mol. The first-order valence-electron chi connectivity index (χ1n) is 5.07. The summed E-state index contributed by atoms with van der Waals surface area (Å²) in [7, 11) is 0. The lowest BCUT2D eigenvalue weighted by Gasteiger charge is -2.23. The van der Waals surface area contributed by atoms with Crippen molar-refractivity contribution < 1.29 is 0 Å². The third kappa shape index (κ3) is 2.41. The molecule has 1 aromatic heterocycles. The van der Waals surface area contributed by atoms with Crippen LogP contribution in [0.5, 0.6) is 0 Å². The number of hydrogen-bond acceptors (Lipinski definition) is 3. The Hall–Kier alpha value is -0.700. The van der Waals surface area contributed by atoms with E-state index >= 15 is 0 Å². The van der Waals surface area contributed by atoms with Crippen LogP contribution in [0.1, 0.15) is 19.8 Å². The first-order chi connectivity index (χ1) is 6.79. The van der Waals surface area contributed by atoms with Crippen LogP contribution in [0.2, 0.25) is 0 Å². The zero-order valence-corrected chi connectivity index (χ0v) is 9.31. The summed E-state index contributed by atoms with van der Waals surface area (Å²) in [5.74, 6) is 2.29. The topological polar surface area (TPSA) is 24.9 Å². The molecule has 1 aliphatic rings. The molecule has 3 heteroatoms. The molecule has 0 aliphatic carbocycles. The Morgan fingerprint density at radius 3 is 3.14 bits per heavy atom. The molecule has 0 amide bonds. The first kappa shape index (κ1) is 9.84. The third-order valence-corrected chi connectivity index (χ3v) is 4.15. The van der Waals surface area contributed by atoms with Gasteiger partial charge in [-0.15, -0.1) is 0 Å². The quantitative estimate of drug-likeness (QED) is 0.826. The van der Waals surface area contributed by atoms with Gasteiger partial charge in [0.2, 0.25) is 0 Å². The van der Waals surface area contributed by atoms with Crippen molar-refractivity contribution in [2.75, 3.05) is 17.6 Å². The van der Waals surface area contributed by atoms with Gasteiger partial charge in [-0.05, 0) is 37.7 Å². The minimum atomic E-state index is 0.414. The van der Waals surface area contributed by atoms with Gasteiger partial charge < -0.3 is 5.32 Å². The summed E-state index contributed by atoms with van der Waals surface area (Å²) >= 11 is 2.07. The number of nitrogens with zero attached hydrogens (tertiary/aromatic N) is 1. The maximum Gasteiger partial charge on any atom is 0.125 e. The predicted molar refractivity (Wildman–Crippen MR) is 62.8 cm³/mol. The number of pyridine rings is 1.